The van der Waals surface area contributed by atoms with Crippen LogP contribution in [0, 0.1) is 23.7 Å². The van der Waals surface area contributed by atoms with Gasteiger partial charge in [-0.05, 0) is 43.7 Å². The van der Waals surface area contributed by atoms with Crippen molar-refractivity contribution in [2.75, 3.05) is 18.8 Å². The number of amides is 2. The lowest BCUT2D eigenvalue weighted by atomic mass is 10.0. The van der Waals surface area contributed by atoms with Crippen LogP contribution in [-0.4, -0.2) is 50.2 Å². The zero-order valence-corrected chi connectivity index (χ0v) is 18.1. The summed E-state index contributed by atoms with van der Waals surface area (Å²) in [5.74, 6) is 2.65. The van der Waals surface area contributed by atoms with Crippen molar-refractivity contribution in [3.05, 3.63) is 30.4 Å². The minimum absolute atomic E-state index is 0.00266. The number of rotatable bonds is 6. The summed E-state index contributed by atoms with van der Waals surface area (Å²) in [5.41, 5.74) is 0.421. The van der Waals surface area contributed by atoms with E-state index in [0.29, 0.717) is 19.0 Å². The maximum absolute atomic E-state index is 12.9. The molecule has 0 bridgehead atoms. The van der Waals surface area contributed by atoms with E-state index in [-0.39, 0.29) is 23.7 Å². The van der Waals surface area contributed by atoms with Gasteiger partial charge >= 0.3 is 6.09 Å². The quantitative estimate of drug-likeness (QED) is 0.706. The lowest BCUT2D eigenvalue weighted by Crippen LogP contribution is -2.44. The van der Waals surface area contributed by atoms with E-state index in [1.54, 1.807) is 0 Å². The lowest BCUT2D eigenvalue weighted by Gasteiger charge is -2.26. The molecule has 1 aliphatic carbocycles. The van der Waals surface area contributed by atoms with Gasteiger partial charge in [-0.2, -0.15) is 0 Å². The first kappa shape index (κ1) is 20.1. The molecule has 0 spiro atoms. The van der Waals surface area contributed by atoms with E-state index < -0.39 is 11.6 Å². The van der Waals surface area contributed by atoms with Crippen LogP contribution >= 0.6 is 11.8 Å². The van der Waals surface area contributed by atoms with Gasteiger partial charge < -0.3 is 19.7 Å². The van der Waals surface area contributed by atoms with Gasteiger partial charge in [0.15, 0.2) is 0 Å². The molecule has 7 nitrogen and oxygen atoms in total. The standard InChI is InChI=1S/C21H28N4O3S/c1-12(2)11-29-16-6-5-7-25-15(16)8-22-19(25)21(3,4)23-18(26)17-13-9-24(20(27)28)10-14(13)17/h5-8,12-14,17H,9-11H2,1-4H3,(H,23,26)(H,27,28)/t13-,14+,17-. The second-order valence-electron chi connectivity index (χ2n) is 9.07. The van der Waals surface area contributed by atoms with E-state index in [0.717, 1.165) is 17.1 Å². The molecule has 3 heterocycles. The second kappa shape index (κ2) is 7.23. The molecule has 4 rings (SSSR count). The van der Waals surface area contributed by atoms with Crippen molar-refractivity contribution < 1.29 is 14.7 Å². The van der Waals surface area contributed by atoms with Gasteiger partial charge in [0, 0.05) is 35.9 Å². The van der Waals surface area contributed by atoms with Gasteiger partial charge in [-0.1, -0.05) is 13.8 Å². The number of hydrogen-bond acceptors (Lipinski definition) is 4. The van der Waals surface area contributed by atoms with E-state index >= 15 is 0 Å². The van der Waals surface area contributed by atoms with Crippen molar-refractivity contribution in [3.63, 3.8) is 0 Å². The summed E-state index contributed by atoms with van der Waals surface area (Å²) >= 11 is 1.82. The van der Waals surface area contributed by atoms with E-state index in [4.69, 9.17) is 5.11 Å². The number of carboxylic acid groups (broad SMARTS) is 1. The Morgan fingerprint density at radius 2 is 2.03 bits per heavy atom. The van der Waals surface area contributed by atoms with E-state index in [1.165, 1.54) is 9.80 Å². The predicted octanol–water partition coefficient (Wildman–Crippen LogP) is 3.29. The van der Waals surface area contributed by atoms with Crippen LogP contribution in [0.3, 0.4) is 0 Å². The fraction of sp³-hybridized carbons (Fsp3) is 0.571. The van der Waals surface area contributed by atoms with Crippen LogP contribution in [-0.2, 0) is 10.3 Å². The van der Waals surface area contributed by atoms with Crippen LogP contribution in [0.15, 0.2) is 29.4 Å². The van der Waals surface area contributed by atoms with Gasteiger partial charge in [0.2, 0.25) is 5.91 Å². The number of fused-ring (bicyclic) bond motifs is 2. The molecule has 29 heavy (non-hydrogen) atoms. The summed E-state index contributed by atoms with van der Waals surface area (Å²) in [7, 11) is 0. The smallest absolute Gasteiger partial charge is 0.407 e. The number of nitrogens with one attached hydrogen (secondary N) is 1. The predicted molar refractivity (Wildman–Crippen MR) is 112 cm³/mol. The molecule has 2 amide bonds. The number of piperidine rings is 1. The van der Waals surface area contributed by atoms with Gasteiger partial charge in [-0.15, -0.1) is 11.8 Å². The highest BCUT2D eigenvalue weighted by molar-refractivity contribution is 7.99. The Labute approximate surface area is 174 Å². The number of carbonyl (C=O) groups is 2. The number of imidazole rings is 1. The number of thioether (sulfide) groups is 1. The molecular formula is C21H28N4O3S. The molecule has 0 aromatic carbocycles. The molecule has 0 unspecified atom stereocenters. The van der Waals surface area contributed by atoms with Crippen molar-refractivity contribution in [3.8, 4) is 0 Å². The summed E-state index contributed by atoms with van der Waals surface area (Å²) < 4.78 is 2.06. The summed E-state index contributed by atoms with van der Waals surface area (Å²) in [6.07, 6.45) is 2.97. The number of pyridine rings is 1. The minimum atomic E-state index is -0.897. The van der Waals surface area contributed by atoms with Gasteiger partial charge in [-0.25, -0.2) is 9.78 Å². The molecule has 1 saturated heterocycles. The van der Waals surface area contributed by atoms with Crippen molar-refractivity contribution in [1.29, 1.82) is 0 Å². The molecule has 0 radical (unpaired) electrons. The normalized spacial score (nSPS) is 23.5. The highest BCUT2D eigenvalue weighted by atomic mass is 32.2. The Morgan fingerprint density at radius 1 is 1.34 bits per heavy atom. The van der Waals surface area contributed by atoms with Crippen molar-refractivity contribution in [2.24, 2.45) is 23.7 Å². The first-order chi connectivity index (χ1) is 13.7. The third kappa shape index (κ3) is 3.70. The van der Waals surface area contributed by atoms with Crippen LogP contribution in [0.5, 0.6) is 0 Å². The number of nitrogens with zero attached hydrogens (tertiary/aromatic N) is 3. The van der Waals surface area contributed by atoms with Gasteiger partial charge in [0.05, 0.1) is 17.3 Å². The van der Waals surface area contributed by atoms with Crippen LogP contribution in [0.25, 0.3) is 5.52 Å². The number of aromatic nitrogens is 2. The average Bonchev–Trinajstić information content (AvgIpc) is 2.98. The number of hydrogen-bond donors (Lipinski definition) is 2. The highest BCUT2D eigenvalue weighted by Gasteiger charge is 2.60. The molecule has 2 aromatic rings. The maximum Gasteiger partial charge on any atom is 0.407 e. The van der Waals surface area contributed by atoms with Crippen molar-refractivity contribution in [1.82, 2.24) is 19.6 Å². The molecule has 156 valence electrons. The SMILES string of the molecule is CC(C)CSc1cccn2c(C(C)(C)NC(=O)[C@@H]3[C@@H]4CN(C(=O)O)C[C@@H]43)ncc12. The summed E-state index contributed by atoms with van der Waals surface area (Å²) in [5, 5.41) is 12.3. The molecule has 2 fully saturated rings. The Kier molecular flexibility index (Phi) is 5.01. The van der Waals surface area contributed by atoms with Gasteiger partial charge in [0.1, 0.15) is 5.82 Å². The molecular weight excluding hydrogens is 388 g/mol. The fourth-order valence-electron chi connectivity index (χ4n) is 4.36. The van der Waals surface area contributed by atoms with Gasteiger partial charge in [0.25, 0.3) is 0 Å². The third-order valence-electron chi connectivity index (χ3n) is 5.87. The number of carbonyl (C=O) groups excluding carboxylic acids is 1. The zero-order valence-electron chi connectivity index (χ0n) is 17.3. The molecule has 1 aliphatic heterocycles. The van der Waals surface area contributed by atoms with E-state index in [1.807, 2.05) is 44.1 Å². The van der Waals surface area contributed by atoms with Crippen LogP contribution in [0.4, 0.5) is 4.79 Å². The van der Waals surface area contributed by atoms with Crippen LogP contribution in [0.2, 0.25) is 0 Å². The molecule has 2 aliphatic rings. The fourth-order valence-corrected chi connectivity index (χ4v) is 5.34. The molecule has 1 saturated carbocycles. The molecule has 8 heteroatoms. The topological polar surface area (TPSA) is 86.9 Å². The largest absolute Gasteiger partial charge is 0.465 e. The van der Waals surface area contributed by atoms with Crippen molar-refractivity contribution >= 4 is 29.3 Å². The first-order valence-corrected chi connectivity index (χ1v) is 11.1. The summed E-state index contributed by atoms with van der Waals surface area (Å²) in [6, 6.07) is 4.13. The Balaban J connectivity index is 1.48. The molecule has 3 atom stereocenters. The van der Waals surface area contributed by atoms with Crippen molar-refractivity contribution in [2.45, 2.75) is 38.1 Å². The van der Waals surface area contributed by atoms with E-state index in [2.05, 4.69) is 34.6 Å². The maximum atomic E-state index is 12.9. The lowest BCUT2D eigenvalue weighted by molar-refractivity contribution is -0.125. The summed E-state index contributed by atoms with van der Waals surface area (Å²) in [4.78, 5) is 31.2. The zero-order chi connectivity index (χ0) is 20.9. The third-order valence-corrected chi connectivity index (χ3v) is 7.36. The molecule has 2 N–H and O–H groups in total. The Morgan fingerprint density at radius 3 is 2.66 bits per heavy atom. The Hall–Kier alpha value is -2.22. The van der Waals surface area contributed by atoms with Gasteiger partial charge in [-0.3, -0.25) is 4.79 Å². The van der Waals surface area contributed by atoms with Crippen LogP contribution < -0.4 is 5.32 Å². The monoisotopic (exact) mass is 416 g/mol. The Bertz CT molecular complexity index is 943. The average molecular weight is 417 g/mol. The minimum Gasteiger partial charge on any atom is -0.465 e. The second-order valence-corrected chi connectivity index (χ2v) is 10.1. The molecule has 2 aromatic heterocycles. The highest BCUT2D eigenvalue weighted by Crippen LogP contribution is 2.52. The summed E-state index contributed by atoms with van der Waals surface area (Å²) in [6.45, 7) is 9.26. The number of likely N-dealkylation sites (tertiary alicyclic amines) is 1. The van der Waals surface area contributed by atoms with Crippen LogP contribution in [0.1, 0.15) is 33.5 Å². The first-order valence-electron chi connectivity index (χ1n) is 10.1. The van der Waals surface area contributed by atoms with E-state index in [9.17, 15) is 9.59 Å².